The molecule has 0 bridgehead atoms. The number of benzene rings is 2. The maximum Gasteiger partial charge on any atom is 0.227 e. The second kappa shape index (κ2) is 7.60. The molecule has 0 saturated carbocycles. The summed E-state index contributed by atoms with van der Waals surface area (Å²) in [4.78, 5) is 12.3. The minimum Gasteiger partial charge on any atom is -0.392 e. The summed E-state index contributed by atoms with van der Waals surface area (Å²) in [5.74, 6) is -0.0575. The van der Waals surface area contributed by atoms with Gasteiger partial charge in [-0.15, -0.1) is 0 Å². The third-order valence-electron chi connectivity index (χ3n) is 3.60. The first-order valence-corrected chi connectivity index (χ1v) is 7.26. The number of carbonyl (C=O) groups excluding carboxylic acids is 1. The van der Waals surface area contributed by atoms with E-state index in [4.69, 9.17) is 5.11 Å². The topological polar surface area (TPSA) is 49.3 Å². The number of amides is 1. The van der Waals surface area contributed by atoms with Gasteiger partial charge in [-0.2, -0.15) is 0 Å². The molecule has 1 atom stereocenters. The maximum absolute atomic E-state index is 12.3. The van der Waals surface area contributed by atoms with Gasteiger partial charge in [-0.25, -0.2) is 0 Å². The van der Waals surface area contributed by atoms with Crippen molar-refractivity contribution in [3.05, 3.63) is 71.3 Å². The predicted molar refractivity (Wildman–Crippen MR) is 83.7 cm³/mol. The fraction of sp³-hybridized carbons (Fsp3) is 0.278. The van der Waals surface area contributed by atoms with Crippen LogP contribution >= 0.6 is 0 Å². The summed E-state index contributed by atoms with van der Waals surface area (Å²) in [6.07, 6.45) is 0.777. The van der Waals surface area contributed by atoms with Gasteiger partial charge in [0.05, 0.1) is 12.5 Å². The van der Waals surface area contributed by atoms with Crippen LogP contribution in [0.1, 0.15) is 36.0 Å². The van der Waals surface area contributed by atoms with Gasteiger partial charge in [-0.3, -0.25) is 4.79 Å². The first kappa shape index (κ1) is 15.3. The van der Waals surface area contributed by atoms with Crippen LogP contribution in [-0.4, -0.2) is 11.0 Å². The quantitative estimate of drug-likeness (QED) is 0.856. The molecule has 2 aromatic carbocycles. The third-order valence-corrected chi connectivity index (χ3v) is 3.60. The molecule has 2 aromatic rings. The molecule has 3 heteroatoms. The van der Waals surface area contributed by atoms with E-state index in [1.165, 1.54) is 0 Å². The molecule has 0 heterocycles. The van der Waals surface area contributed by atoms with E-state index in [1.54, 1.807) is 0 Å². The smallest absolute Gasteiger partial charge is 0.227 e. The Bertz CT molecular complexity index is 564. The fourth-order valence-corrected chi connectivity index (χ4v) is 2.33. The lowest BCUT2D eigenvalue weighted by Gasteiger charge is -2.15. The second-order valence-corrected chi connectivity index (χ2v) is 5.06. The van der Waals surface area contributed by atoms with Crippen LogP contribution in [0.25, 0.3) is 0 Å². The second-order valence-electron chi connectivity index (χ2n) is 5.06. The Kier molecular flexibility index (Phi) is 5.52. The van der Waals surface area contributed by atoms with E-state index >= 15 is 0 Å². The van der Waals surface area contributed by atoms with E-state index < -0.39 is 0 Å². The highest BCUT2D eigenvalue weighted by atomic mass is 16.3. The summed E-state index contributed by atoms with van der Waals surface area (Å²) in [6.45, 7) is 2.57. The molecule has 21 heavy (non-hydrogen) atoms. The van der Waals surface area contributed by atoms with Gasteiger partial charge >= 0.3 is 0 Å². The molecule has 3 nitrogen and oxygen atoms in total. The van der Waals surface area contributed by atoms with Crippen molar-refractivity contribution in [3.8, 4) is 0 Å². The van der Waals surface area contributed by atoms with Gasteiger partial charge in [0.15, 0.2) is 0 Å². The maximum atomic E-state index is 12.3. The molecule has 2 N–H and O–H groups in total. The summed E-state index contributed by atoms with van der Waals surface area (Å²) in [5, 5.41) is 12.0. The lowest BCUT2D eigenvalue weighted by molar-refractivity contribution is -0.122. The molecular formula is C18H21NO2. The molecule has 0 spiro atoms. The van der Waals surface area contributed by atoms with Crippen LogP contribution in [-0.2, 0) is 17.9 Å². The molecule has 2 rings (SSSR count). The fourth-order valence-electron chi connectivity index (χ4n) is 2.33. The highest BCUT2D eigenvalue weighted by molar-refractivity contribution is 5.83. The van der Waals surface area contributed by atoms with E-state index in [9.17, 15) is 4.79 Å². The minimum atomic E-state index is -0.108. The van der Waals surface area contributed by atoms with Crippen LogP contribution < -0.4 is 5.32 Å². The van der Waals surface area contributed by atoms with Gasteiger partial charge in [-0.1, -0.05) is 61.5 Å². The SMILES string of the molecule is CCC(C(=O)NCc1ccc(CO)cc1)c1ccccc1. The zero-order valence-electron chi connectivity index (χ0n) is 12.3. The Labute approximate surface area is 125 Å². The number of hydrogen-bond acceptors (Lipinski definition) is 2. The van der Waals surface area contributed by atoms with Crippen LogP contribution in [0.3, 0.4) is 0 Å². The lowest BCUT2D eigenvalue weighted by atomic mass is 9.95. The first-order chi connectivity index (χ1) is 10.2. The van der Waals surface area contributed by atoms with Crippen LogP contribution in [0.4, 0.5) is 0 Å². The predicted octanol–water partition coefficient (Wildman–Crippen LogP) is 2.99. The van der Waals surface area contributed by atoms with Crippen LogP contribution in [0.5, 0.6) is 0 Å². The molecule has 0 aliphatic heterocycles. The number of nitrogens with one attached hydrogen (secondary N) is 1. The normalized spacial score (nSPS) is 11.9. The highest BCUT2D eigenvalue weighted by Gasteiger charge is 2.17. The van der Waals surface area contributed by atoms with Crippen molar-refractivity contribution in [1.29, 1.82) is 0 Å². The Hall–Kier alpha value is -2.13. The zero-order chi connectivity index (χ0) is 15.1. The summed E-state index contributed by atoms with van der Waals surface area (Å²) >= 11 is 0. The number of rotatable bonds is 6. The first-order valence-electron chi connectivity index (χ1n) is 7.26. The number of carbonyl (C=O) groups is 1. The molecule has 0 radical (unpaired) electrons. The number of aliphatic hydroxyl groups excluding tert-OH is 1. The average Bonchev–Trinajstić information content (AvgIpc) is 2.55. The van der Waals surface area contributed by atoms with Gasteiger partial charge in [0.1, 0.15) is 0 Å². The lowest BCUT2D eigenvalue weighted by Crippen LogP contribution is -2.28. The molecule has 1 unspecified atom stereocenters. The monoisotopic (exact) mass is 283 g/mol. The molecule has 0 aliphatic rings. The van der Waals surface area contributed by atoms with Crippen molar-refractivity contribution in [2.24, 2.45) is 0 Å². The molecular weight excluding hydrogens is 262 g/mol. The van der Waals surface area contributed by atoms with E-state index in [0.717, 1.165) is 23.1 Å². The summed E-state index contributed by atoms with van der Waals surface area (Å²) in [5.41, 5.74) is 2.96. The van der Waals surface area contributed by atoms with Crippen LogP contribution in [0.2, 0.25) is 0 Å². The Morgan fingerprint density at radius 1 is 1.05 bits per heavy atom. The Morgan fingerprint density at radius 2 is 1.67 bits per heavy atom. The Morgan fingerprint density at radius 3 is 2.24 bits per heavy atom. The van der Waals surface area contributed by atoms with Gasteiger partial charge in [-0.05, 0) is 23.1 Å². The van der Waals surface area contributed by atoms with Crippen molar-refractivity contribution in [2.45, 2.75) is 32.4 Å². The van der Waals surface area contributed by atoms with Crippen molar-refractivity contribution in [2.75, 3.05) is 0 Å². The molecule has 0 aliphatic carbocycles. The average molecular weight is 283 g/mol. The van der Waals surface area contributed by atoms with Gasteiger partial charge in [0.2, 0.25) is 5.91 Å². The van der Waals surface area contributed by atoms with Crippen molar-refractivity contribution in [1.82, 2.24) is 5.32 Å². The standard InChI is InChI=1S/C18H21NO2/c1-2-17(16-6-4-3-5-7-16)18(21)19-12-14-8-10-15(13-20)11-9-14/h3-11,17,20H,2,12-13H2,1H3,(H,19,21). The molecule has 0 aromatic heterocycles. The number of aliphatic hydroxyl groups is 1. The summed E-state index contributed by atoms with van der Waals surface area (Å²) in [7, 11) is 0. The molecule has 110 valence electrons. The molecule has 1 amide bonds. The minimum absolute atomic E-state index is 0.0402. The van der Waals surface area contributed by atoms with Crippen LogP contribution in [0, 0.1) is 0 Å². The van der Waals surface area contributed by atoms with Crippen molar-refractivity contribution in [3.63, 3.8) is 0 Å². The number of hydrogen-bond donors (Lipinski definition) is 2. The van der Waals surface area contributed by atoms with Crippen LogP contribution in [0.15, 0.2) is 54.6 Å². The van der Waals surface area contributed by atoms with Crippen molar-refractivity contribution < 1.29 is 9.90 Å². The Balaban J connectivity index is 1.96. The largest absolute Gasteiger partial charge is 0.392 e. The van der Waals surface area contributed by atoms with Crippen molar-refractivity contribution >= 4 is 5.91 Å². The van der Waals surface area contributed by atoms with E-state index in [2.05, 4.69) is 5.32 Å². The van der Waals surface area contributed by atoms with E-state index in [-0.39, 0.29) is 18.4 Å². The van der Waals surface area contributed by atoms with Gasteiger partial charge in [0, 0.05) is 6.54 Å². The highest BCUT2D eigenvalue weighted by Crippen LogP contribution is 2.19. The van der Waals surface area contributed by atoms with Gasteiger partial charge in [0.25, 0.3) is 0 Å². The zero-order valence-corrected chi connectivity index (χ0v) is 12.3. The van der Waals surface area contributed by atoms with Gasteiger partial charge < -0.3 is 10.4 Å². The summed E-state index contributed by atoms with van der Waals surface area (Å²) < 4.78 is 0. The molecule has 0 saturated heterocycles. The van der Waals surface area contributed by atoms with E-state index in [1.807, 2.05) is 61.5 Å². The molecule has 0 fully saturated rings. The summed E-state index contributed by atoms with van der Waals surface area (Å²) in [6, 6.07) is 17.4. The van der Waals surface area contributed by atoms with E-state index in [0.29, 0.717) is 6.54 Å². The third kappa shape index (κ3) is 4.17.